The Morgan fingerprint density at radius 3 is 1.24 bits per heavy atom. The van der Waals surface area contributed by atoms with Gasteiger partial charge in [0.2, 0.25) is 0 Å². The van der Waals surface area contributed by atoms with E-state index in [1.54, 1.807) is 11.1 Å². The zero-order valence-corrected chi connectivity index (χ0v) is 73.0. The summed E-state index contributed by atoms with van der Waals surface area (Å²) >= 11 is 0. The molecule has 3 heteroatoms. The van der Waals surface area contributed by atoms with E-state index in [1.165, 1.54) is 238 Å². The molecule has 24 rings (SSSR count). The Balaban J connectivity index is 0.718. The monoisotopic (exact) mass is 1610 g/mol. The Hall–Kier alpha value is -13.1. The predicted molar refractivity (Wildman–Crippen MR) is 521 cm³/mol. The number of hydrogen-bond acceptors (Lipinski definition) is 3. The van der Waals surface area contributed by atoms with E-state index in [0.29, 0.717) is 0 Å². The lowest BCUT2D eigenvalue weighted by molar-refractivity contribution is 0.399. The Bertz CT molecular complexity index is 7380. The van der Waals surface area contributed by atoms with Crippen LogP contribution in [0.4, 0.5) is 17.1 Å². The molecule has 608 valence electrons. The molecule has 0 aliphatic heterocycles. The highest BCUT2D eigenvalue weighted by Crippen LogP contribution is 2.68. The van der Waals surface area contributed by atoms with E-state index in [9.17, 15) is 0 Å². The maximum atomic E-state index is 7.35. The van der Waals surface area contributed by atoms with E-state index in [0.717, 1.165) is 55.6 Å². The first-order valence-electron chi connectivity index (χ1n) is 46.3. The molecule has 2 heterocycles. The Labute approximate surface area is 735 Å². The number of nitrogens with zero attached hydrogens (tertiary/aromatic N) is 1. The van der Waals surface area contributed by atoms with Gasteiger partial charge in [-0.1, -0.05) is 374 Å². The van der Waals surface area contributed by atoms with Crippen molar-refractivity contribution >= 4 is 60.9 Å². The molecule has 0 saturated carbocycles. The summed E-state index contributed by atoms with van der Waals surface area (Å²) in [6.45, 7) is 19.6. The second-order valence-electron chi connectivity index (χ2n) is 38.6. The van der Waals surface area contributed by atoms with Crippen molar-refractivity contribution < 1.29 is 8.83 Å². The largest absolute Gasteiger partial charge is 0.456 e. The third-order valence-electron chi connectivity index (χ3n) is 31.0. The molecule has 2 aromatic heterocycles. The van der Waals surface area contributed by atoms with Gasteiger partial charge in [0.15, 0.2) is 0 Å². The molecular weight excluding hydrogens is 1510 g/mol. The van der Waals surface area contributed by atoms with Gasteiger partial charge in [-0.15, -0.1) is 0 Å². The summed E-state index contributed by atoms with van der Waals surface area (Å²) in [5.74, 6) is 0. The summed E-state index contributed by atoms with van der Waals surface area (Å²) in [7, 11) is 0. The molecule has 0 fully saturated rings. The van der Waals surface area contributed by atoms with Gasteiger partial charge < -0.3 is 13.7 Å². The van der Waals surface area contributed by atoms with Gasteiger partial charge in [0.25, 0.3) is 0 Å². The normalized spacial score (nSPS) is 15.6. The van der Waals surface area contributed by atoms with Crippen molar-refractivity contribution in [2.24, 2.45) is 0 Å². The fraction of sp³-hybridized carbons (Fsp3) is 0.213. The second-order valence-corrected chi connectivity index (χ2v) is 38.6. The lowest BCUT2D eigenvalue weighted by Gasteiger charge is -2.36. The first kappa shape index (κ1) is 75.6. The zero-order chi connectivity index (χ0) is 84.0. The Morgan fingerprint density at radius 1 is 0.248 bits per heavy atom. The van der Waals surface area contributed by atoms with Gasteiger partial charge in [-0.3, -0.25) is 0 Å². The van der Waals surface area contributed by atoms with Gasteiger partial charge in [0.1, 0.15) is 22.3 Å². The van der Waals surface area contributed by atoms with E-state index in [2.05, 4.69) is 394 Å². The van der Waals surface area contributed by atoms with Crippen LogP contribution >= 0.6 is 0 Å². The molecule has 0 unspecified atom stereocenters. The van der Waals surface area contributed by atoms with Crippen LogP contribution in [-0.2, 0) is 32.5 Å². The minimum Gasteiger partial charge on any atom is -0.456 e. The van der Waals surface area contributed by atoms with Crippen LogP contribution in [0.5, 0.6) is 0 Å². The summed E-state index contributed by atoms with van der Waals surface area (Å²) in [5, 5.41) is 4.64. The number of benzene rings is 16. The minimum atomic E-state index is -0.822. The van der Waals surface area contributed by atoms with E-state index in [4.69, 9.17) is 8.83 Å². The van der Waals surface area contributed by atoms with Crippen LogP contribution in [0, 0.1) is 0 Å². The number of furan rings is 2. The molecule has 0 bridgehead atoms. The average molecular weight is 1620 g/mol. The molecule has 0 N–H and O–H groups in total. The molecule has 0 spiro atoms. The Kier molecular flexibility index (Phi) is 17.1. The van der Waals surface area contributed by atoms with E-state index >= 15 is 0 Å². The highest BCUT2D eigenvalue weighted by atomic mass is 16.3. The fourth-order valence-electron chi connectivity index (χ4n) is 25.4. The number of unbranched alkanes of at least 4 members (excludes halogenated alkanes) is 8. The van der Waals surface area contributed by atoms with Crippen LogP contribution < -0.4 is 4.90 Å². The lowest BCUT2D eigenvalue weighted by Crippen LogP contribution is -2.30. The SMILES string of the molecule is CCCCCCCC1(CCCCCCC)c2ccccc2-c2ccc(-c3ccc4c(c3)C(C)(C)c3cc(N(c5ccc6c(c5)C(C)(C)c5c7c(c8c(oc9ccccc98)c5-6)-c5ccccc5C7(C)C)c5ccc6c(c5)C(c5ccccc5)(c5ccccc5)c5cc7c(cc5-6)C(c5ccccc5)(c5ccccc5)c5ccc6oc8ccccc8c6c5-7)ccc3-4)cc21. The minimum absolute atomic E-state index is 0.0131. The highest BCUT2D eigenvalue weighted by Gasteiger charge is 2.55. The summed E-state index contributed by atoms with van der Waals surface area (Å²) in [5.41, 5.74) is 43.4. The van der Waals surface area contributed by atoms with Crippen LogP contribution in [-0.4, -0.2) is 0 Å². The maximum Gasteiger partial charge on any atom is 0.144 e. The van der Waals surface area contributed by atoms with Gasteiger partial charge in [-0.2, -0.15) is 0 Å². The quantitative estimate of drug-likeness (QED) is 0.0712. The molecule has 16 aromatic carbocycles. The molecule has 6 aliphatic carbocycles. The van der Waals surface area contributed by atoms with Crippen molar-refractivity contribution in [2.45, 2.75) is 165 Å². The van der Waals surface area contributed by atoms with Crippen LogP contribution in [0.15, 0.2) is 342 Å². The fourth-order valence-corrected chi connectivity index (χ4v) is 25.4. The van der Waals surface area contributed by atoms with Crippen LogP contribution in [0.3, 0.4) is 0 Å². The molecule has 125 heavy (non-hydrogen) atoms. The van der Waals surface area contributed by atoms with Crippen molar-refractivity contribution in [2.75, 3.05) is 4.90 Å². The number of rotatable bonds is 20. The molecule has 0 radical (unpaired) electrons. The summed E-state index contributed by atoms with van der Waals surface area (Å²) < 4.78 is 14.3. The van der Waals surface area contributed by atoms with Crippen LogP contribution in [0.2, 0.25) is 0 Å². The van der Waals surface area contributed by atoms with E-state index < -0.39 is 16.2 Å². The van der Waals surface area contributed by atoms with Crippen molar-refractivity contribution in [3.63, 3.8) is 0 Å². The topological polar surface area (TPSA) is 29.5 Å². The standard InChI is InChI=1S/C122H103NO2/c1-9-11-13-15-37-67-120(68-38-16-14-12-10-2)97-52-34-29-47-85(97)88-61-56-77(70-102(88)120)76-55-60-86-87-62-57-82(71-100(87)117(3,4)99(86)69-76)123(83-59-64-91-101(72-83)119(7,8)115-113(91)116-112(93-50-32-36-54-107(93)125-116)111-90-48-30-33-51-96(90)118(5,6)114(111)115)84-58-63-89-94-74-105-95(75-104(94)122(103(89)73-84,80-43-25-19-26-44-80)81-45-27-20-28-46-81)109-98(65-66-108-110(109)92-49-31-35-53-106(92)124-108)121(105,78-39-21-17-22-40-78)79-41-23-18-24-42-79/h17-36,39-66,69-75H,9-16,37-38,67-68H2,1-8H3. The van der Waals surface area contributed by atoms with E-state index in [1.807, 2.05) is 0 Å². The second kappa shape index (κ2) is 28.2. The zero-order valence-electron chi connectivity index (χ0n) is 73.0. The number of hydrogen-bond donors (Lipinski definition) is 0. The molecule has 18 aromatic rings. The van der Waals surface area contributed by atoms with Crippen molar-refractivity contribution in [1.82, 2.24) is 0 Å². The molecule has 0 atom stereocenters. The average Bonchev–Trinajstić information content (AvgIpc) is 1.50. The van der Waals surface area contributed by atoms with Gasteiger partial charge in [0, 0.05) is 65.8 Å². The summed E-state index contributed by atoms with van der Waals surface area (Å²) in [6.07, 6.45) is 15.2. The highest BCUT2D eigenvalue weighted by molar-refractivity contribution is 6.21. The third kappa shape index (κ3) is 10.6. The summed E-state index contributed by atoms with van der Waals surface area (Å²) in [4.78, 5) is 2.63. The molecular formula is C122H103NO2. The molecule has 0 amide bonds. The van der Waals surface area contributed by atoms with Crippen molar-refractivity contribution in [3.8, 4) is 77.9 Å². The number of fused-ring (bicyclic) bond motifs is 28. The lowest BCUT2D eigenvalue weighted by atomic mass is 9.66. The summed E-state index contributed by atoms with van der Waals surface area (Å²) in [6, 6.07) is 129. The molecule has 6 aliphatic rings. The van der Waals surface area contributed by atoms with E-state index in [-0.39, 0.29) is 16.2 Å². The number of para-hydroxylation sites is 2. The van der Waals surface area contributed by atoms with Crippen molar-refractivity contribution in [1.29, 1.82) is 0 Å². The molecule has 3 nitrogen and oxygen atoms in total. The van der Waals surface area contributed by atoms with Gasteiger partial charge in [0.05, 0.1) is 10.8 Å². The van der Waals surface area contributed by atoms with Gasteiger partial charge in [-0.05, 0) is 253 Å². The first-order valence-corrected chi connectivity index (χ1v) is 46.3. The first-order chi connectivity index (χ1) is 61.2. The van der Waals surface area contributed by atoms with Gasteiger partial charge in [-0.25, -0.2) is 0 Å². The van der Waals surface area contributed by atoms with Crippen LogP contribution in [0.25, 0.3) is 122 Å². The smallest absolute Gasteiger partial charge is 0.144 e. The predicted octanol–water partition coefficient (Wildman–Crippen LogP) is 33.3. The Morgan fingerprint density at radius 2 is 0.648 bits per heavy atom. The maximum absolute atomic E-state index is 7.35. The van der Waals surface area contributed by atoms with Crippen LogP contribution in [0.1, 0.15) is 221 Å². The molecule has 0 saturated heterocycles. The third-order valence-corrected chi connectivity index (χ3v) is 31.0. The van der Waals surface area contributed by atoms with Gasteiger partial charge >= 0.3 is 0 Å². The number of anilines is 3. The van der Waals surface area contributed by atoms with Crippen molar-refractivity contribution in [3.05, 3.63) is 423 Å².